The number of carbonyl (C=O) groups excluding carboxylic acids is 1. The molecule has 16 heavy (non-hydrogen) atoms. The topological polar surface area (TPSA) is 32.9 Å². The van der Waals surface area contributed by atoms with E-state index in [-0.39, 0.29) is 11.7 Å². The summed E-state index contributed by atoms with van der Waals surface area (Å²) in [5, 5.41) is 0.939. The molecule has 2 rings (SSSR count). The Morgan fingerprint density at radius 2 is 2.19 bits per heavy atom. The predicted octanol–water partition coefficient (Wildman–Crippen LogP) is 2.99. The van der Waals surface area contributed by atoms with Crippen LogP contribution in [0.1, 0.15) is 29.9 Å². The molecule has 0 saturated carbocycles. The van der Waals surface area contributed by atoms with Gasteiger partial charge >= 0.3 is 0 Å². The quantitative estimate of drug-likeness (QED) is 0.601. The number of hydrogen-bond acceptors (Lipinski definition) is 1. The van der Waals surface area contributed by atoms with Gasteiger partial charge in [-0.25, -0.2) is 0 Å². The third kappa shape index (κ3) is 1.61. The lowest BCUT2D eigenvalue weighted by molar-refractivity contribution is 0.0935. The molecular weight excluding hydrogens is 198 g/mol. The second-order valence-corrected chi connectivity index (χ2v) is 4.11. The normalized spacial score (nSPS) is 10.6. The lowest BCUT2D eigenvalue weighted by atomic mass is 10.1. The van der Waals surface area contributed by atoms with Crippen molar-refractivity contribution in [3.63, 3.8) is 0 Å². The smallest absolute Gasteiger partial charge is 0.181 e. The number of aromatic nitrogens is 1. The van der Waals surface area contributed by atoms with Crippen molar-refractivity contribution in [1.82, 2.24) is 4.98 Å². The van der Waals surface area contributed by atoms with E-state index in [1.54, 1.807) is 0 Å². The maximum atomic E-state index is 11.8. The van der Waals surface area contributed by atoms with E-state index in [1.165, 1.54) is 0 Å². The van der Waals surface area contributed by atoms with Crippen LogP contribution in [-0.4, -0.2) is 10.8 Å². The number of ketones is 1. The SMILES string of the molecule is C#Cc1cccc2[nH]c(C(=O)C(C)C)cc12. The van der Waals surface area contributed by atoms with Crippen LogP contribution >= 0.6 is 0 Å². The average molecular weight is 211 g/mol. The fraction of sp³-hybridized carbons (Fsp3) is 0.214. The van der Waals surface area contributed by atoms with E-state index < -0.39 is 0 Å². The van der Waals surface area contributed by atoms with Crippen molar-refractivity contribution in [2.75, 3.05) is 0 Å². The largest absolute Gasteiger partial charge is 0.352 e. The van der Waals surface area contributed by atoms with Crippen molar-refractivity contribution in [3.05, 3.63) is 35.5 Å². The van der Waals surface area contributed by atoms with Crippen LogP contribution < -0.4 is 0 Å². The molecule has 80 valence electrons. The van der Waals surface area contributed by atoms with E-state index in [2.05, 4.69) is 10.9 Å². The van der Waals surface area contributed by atoms with E-state index in [0.717, 1.165) is 16.5 Å². The van der Waals surface area contributed by atoms with Crippen molar-refractivity contribution in [3.8, 4) is 12.3 Å². The van der Waals surface area contributed by atoms with E-state index in [4.69, 9.17) is 6.42 Å². The number of rotatable bonds is 2. The number of fused-ring (bicyclic) bond motifs is 1. The molecule has 0 unspecified atom stereocenters. The first-order valence-electron chi connectivity index (χ1n) is 5.26. The van der Waals surface area contributed by atoms with Crippen LogP contribution in [0.3, 0.4) is 0 Å². The van der Waals surface area contributed by atoms with Gasteiger partial charge < -0.3 is 4.98 Å². The molecule has 1 aromatic carbocycles. The lowest BCUT2D eigenvalue weighted by Crippen LogP contribution is -2.07. The van der Waals surface area contributed by atoms with Gasteiger partial charge in [-0.05, 0) is 18.2 Å². The van der Waals surface area contributed by atoms with Crippen LogP contribution in [0, 0.1) is 18.3 Å². The van der Waals surface area contributed by atoms with Gasteiger partial charge in [0.05, 0.1) is 5.69 Å². The highest BCUT2D eigenvalue weighted by Gasteiger charge is 2.13. The van der Waals surface area contributed by atoms with Crippen LogP contribution in [0.25, 0.3) is 10.9 Å². The number of Topliss-reactive ketones (excluding diaryl/α,β-unsaturated/α-hetero) is 1. The Bertz CT molecular complexity index is 584. The number of H-pyrrole nitrogens is 1. The van der Waals surface area contributed by atoms with Gasteiger partial charge in [-0.15, -0.1) is 6.42 Å². The minimum atomic E-state index is -0.0117. The summed E-state index contributed by atoms with van der Waals surface area (Å²) in [6.45, 7) is 3.77. The van der Waals surface area contributed by atoms with E-state index in [1.807, 2.05) is 38.1 Å². The minimum Gasteiger partial charge on any atom is -0.352 e. The number of carbonyl (C=O) groups is 1. The van der Waals surface area contributed by atoms with Crippen LogP contribution in [-0.2, 0) is 0 Å². The second kappa shape index (κ2) is 3.86. The fourth-order valence-corrected chi connectivity index (χ4v) is 1.72. The average Bonchev–Trinajstić information content (AvgIpc) is 2.70. The van der Waals surface area contributed by atoms with Gasteiger partial charge in [-0.2, -0.15) is 0 Å². The van der Waals surface area contributed by atoms with Crippen molar-refractivity contribution in [2.45, 2.75) is 13.8 Å². The molecule has 0 aliphatic carbocycles. The molecule has 2 nitrogen and oxygen atoms in total. The molecular formula is C14H13NO. The monoisotopic (exact) mass is 211 g/mol. The molecule has 2 aromatic rings. The molecule has 0 amide bonds. The first-order valence-corrected chi connectivity index (χ1v) is 5.26. The van der Waals surface area contributed by atoms with Crippen molar-refractivity contribution >= 4 is 16.7 Å². The second-order valence-electron chi connectivity index (χ2n) is 4.11. The van der Waals surface area contributed by atoms with Gasteiger partial charge in [0.25, 0.3) is 0 Å². The first kappa shape index (κ1) is 10.5. The molecule has 1 aromatic heterocycles. The molecule has 0 fully saturated rings. The van der Waals surface area contributed by atoms with Gasteiger partial charge in [0.1, 0.15) is 0 Å². The Balaban J connectivity index is 2.61. The molecule has 1 heterocycles. The number of hydrogen-bond donors (Lipinski definition) is 1. The highest BCUT2D eigenvalue weighted by Crippen LogP contribution is 2.20. The molecule has 2 heteroatoms. The number of aromatic amines is 1. The van der Waals surface area contributed by atoms with E-state index in [9.17, 15) is 4.79 Å². The first-order chi connectivity index (χ1) is 7.63. The summed E-state index contributed by atoms with van der Waals surface area (Å²) in [6, 6.07) is 7.53. The third-order valence-electron chi connectivity index (χ3n) is 2.61. The maximum absolute atomic E-state index is 11.8. The predicted molar refractivity (Wildman–Crippen MR) is 65.4 cm³/mol. The van der Waals surface area contributed by atoms with Crippen LogP contribution in [0.15, 0.2) is 24.3 Å². The summed E-state index contributed by atoms with van der Waals surface area (Å²) < 4.78 is 0. The molecule has 0 radical (unpaired) electrons. The standard InChI is InChI=1S/C14H13NO/c1-4-10-6-5-7-12-11(10)8-13(15-12)14(16)9(2)3/h1,5-9,15H,2-3H3. The van der Waals surface area contributed by atoms with E-state index >= 15 is 0 Å². The Morgan fingerprint density at radius 1 is 1.44 bits per heavy atom. The molecule has 0 aliphatic rings. The Hall–Kier alpha value is -2.01. The maximum Gasteiger partial charge on any atom is 0.181 e. The third-order valence-corrected chi connectivity index (χ3v) is 2.61. The zero-order valence-electron chi connectivity index (χ0n) is 9.37. The summed E-state index contributed by atoms with van der Waals surface area (Å²) in [7, 11) is 0. The van der Waals surface area contributed by atoms with Crippen LogP contribution in [0.4, 0.5) is 0 Å². The molecule has 1 N–H and O–H groups in total. The van der Waals surface area contributed by atoms with Crippen molar-refractivity contribution in [1.29, 1.82) is 0 Å². The summed E-state index contributed by atoms with van der Waals surface area (Å²) >= 11 is 0. The fourth-order valence-electron chi connectivity index (χ4n) is 1.72. The molecule has 0 spiro atoms. The minimum absolute atomic E-state index is 0.0117. The van der Waals surface area contributed by atoms with Gasteiger partial charge in [0.15, 0.2) is 5.78 Å². The molecule has 0 aliphatic heterocycles. The van der Waals surface area contributed by atoms with Crippen molar-refractivity contribution < 1.29 is 4.79 Å². The summed E-state index contributed by atoms with van der Waals surface area (Å²) in [4.78, 5) is 14.9. The summed E-state index contributed by atoms with van der Waals surface area (Å²) in [5.74, 6) is 2.72. The Kier molecular flexibility index (Phi) is 2.54. The Morgan fingerprint density at radius 3 is 2.81 bits per heavy atom. The summed E-state index contributed by atoms with van der Waals surface area (Å²) in [6.07, 6.45) is 5.41. The number of terminal acetylenes is 1. The van der Waals surface area contributed by atoms with Crippen LogP contribution in [0.5, 0.6) is 0 Å². The van der Waals surface area contributed by atoms with Gasteiger partial charge in [0, 0.05) is 22.4 Å². The number of benzene rings is 1. The van der Waals surface area contributed by atoms with Gasteiger partial charge in [-0.3, -0.25) is 4.79 Å². The molecule has 0 atom stereocenters. The summed E-state index contributed by atoms with van der Waals surface area (Å²) in [5.41, 5.74) is 2.36. The van der Waals surface area contributed by atoms with E-state index in [0.29, 0.717) is 5.69 Å². The highest BCUT2D eigenvalue weighted by atomic mass is 16.1. The molecule has 0 saturated heterocycles. The molecule has 0 bridgehead atoms. The Labute approximate surface area is 94.7 Å². The van der Waals surface area contributed by atoms with Crippen LogP contribution in [0.2, 0.25) is 0 Å². The lowest BCUT2D eigenvalue weighted by Gasteiger charge is -1.99. The zero-order chi connectivity index (χ0) is 11.7. The van der Waals surface area contributed by atoms with Gasteiger partial charge in [0.2, 0.25) is 0 Å². The number of nitrogens with one attached hydrogen (secondary N) is 1. The zero-order valence-corrected chi connectivity index (χ0v) is 9.37. The highest BCUT2D eigenvalue weighted by molar-refractivity contribution is 6.01. The van der Waals surface area contributed by atoms with Gasteiger partial charge in [-0.1, -0.05) is 25.8 Å². The van der Waals surface area contributed by atoms with Crippen molar-refractivity contribution in [2.24, 2.45) is 5.92 Å².